The zero-order valence-electron chi connectivity index (χ0n) is 13.3. The van der Waals surface area contributed by atoms with E-state index in [2.05, 4.69) is 15.5 Å². The fourth-order valence-electron chi connectivity index (χ4n) is 3.10. The van der Waals surface area contributed by atoms with Crippen LogP contribution in [0, 0.1) is 0 Å². The van der Waals surface area contributed by atoms with Crippen LogP contribution in [0.15, 0.2) is 47.1 Å². The van der Waals surface area contributed by atoms with Crippen molar-refractivity contribution in [1.29, 1.82) is 0 Å². The number of rotatable bonds is 4. The van der Waals surface area contributed by atoms with E-state index in [1.807, 2.05) is 34.9 Å². The van der Waals surface area contributed by atoms with Gasteiger partial charge >= 0.3 is 0 Å². The number of fused-ring (bicyclic) bond motifs is 2. The largest absolute Gasteiger partial charge is 0.334 e. The minimum Gasteiger partial charge on any atom is -0.334 e. The average Bonchev–Trinajstić information content (AvgIpc) is 3.31. The van der Waals surface area contributed by atoms with Crippen LogP contribution in [0.4, 0.5) is 5.82 Å². The van der Waals surface area contributed by atoms with Gasteiger partial charge < -0.3 is 14.4 Å². The maximum absolute atomic E-state index is 12.6. The summed E-state index contributed by atoms with van der Waals surface area (Å²) < 4.78 is 7.14. The van der Waals surface area contributed by atoms with E-state index in [4.69, 9.17) is 9.51 Å². The van der Waals surface area contributed by atoms with Gasteiger partial charge in [-0.3, -0.25) is 4.79 Å². The number of para-hydroxylation sites is 2. The molecule has 0 unspecified atom stereocenters. The van der Waals surface area contributed by atoms with Crippen LogP contribution >= 0.6 is 0 Å². The van der Waals surface area contributed by atoms with Crippen molar-refractivity contribution in [2.45, 2.75) is 25.3 Å². The summed E-state index contributed by atoms with van der Waals surface area (Å²) in [6.07, 6.45) is 3.88. The highest BCUT2D eigenvalue weighted by Gasteiger charge is 2.30. The number of benzene rings is 1. The van der Waals surface area contributed by atoms with Gasteiger partial charge in [-0.15, -0.1) is 0 Å². The van der Waals surface area contributed by atoms with E-state index in [1.54, 1.807) is 12.3 Å². The van der Waals surface area contributed by atoms with E-state index < -0.39 is 0 Å². The maximum atomic E-state index is 12.6. The van der Waals surface area contributed by atoms with Gasteiger partial charge in [-0.1, -0.05) is 17.3 Å². The molecule has 1 fully saturated rings. The molecular formula is C18H15N5O2. The molecule has 0 atom stereocenters. The van der Waals surface area contributed by atoms with E-state index in [-0.39, 0.29) is 12.5 Å². The molecule has 124 valence electrons. The van der Waals surface area contributed by atoms with Crippen molar-refractivity contribution in [2.24, 2.45) is 0 Å². The third-order valence-electron chi connectivity index (χ3n) is 4.44. The zero-order valence-corrected chi connectivity index (χ0v) is 13.3. The first-order valence-corrected chi connectivity index (χ1v) is 8.25. The van der Waals surface area contributed by atoms with Crippen LogP contribution in [-0.2, 0) is 11.3 Å². The number of anilines is 1. The molecule has 4 aromatic rings. The van der Waals surface area contributed by atoms with Crippen molar-refractivity contribution in [1.82, 2.24) is 19.7 Å². The second-order valence-electron chi connectivity index (χ2n) is 6.25. The van der Waals surface area contributed by atoms with Gasteiger partial charge in [-0.05, 0) is 37.1 Å². The lowest BCUT2D eigenvalue weighted by atomic mass is 10.3. The lowest BCUT2D eigenvalue weighted by molar-refractivity contribution is -0.116. The smallest absolute Gasteiger partial charge is 0.259 e. The zero-order chi connectivity index (χ0) is 16.8. The van der Waals surface area contributed by atoms with Gasteiger partial charge in [0.15, 0.2) is 5.82 Å². The topological polar surface area (TPSA) is 85.8 Å². The molecule has 1 amide bonds. The van der Waals surface area contributed by atoms with Crippen LogP contribution in [-0.4, -0.2) is 25.6 Å². The Bertz CT molecular complexity index is 1090. The predicted octanol–water partition coefficient (Wildman–Crippen LogP) is 3.09. The minimum absolute atomic E-state index is 0.163. The minimum atomic E-state index is -0.163. The number of carbonyl (C=O) groups excluding carboxylic acids is 1. The third-order valence-corrected chi connectivity index (χ3v) is 4.44. The van der Waals surface area contributed by atoms with Gasteiger partial charge in [0.2, 0.25) is 5.91 Å². The fourth-order valence-corrected chi connectivity index (χ4v) is 3.10. The highest BCUT2D eigenvalue weighted by atomic mass is 16.5. The molecule has 3 aromatic heterocycles. The van der Waals surface area contributed by atoms with Crippen LogP contribution in [0.3, 0.4) is 0 Å². The second-order valence-corrected chi connectivity index (χ2v) is 6.25. The highest BCUT2D eigenvalue weighted by Crippen LogP contribution is 2.40. The summed E-state index contributed by atoms with van der Waals surface area (Å²) in [7, 11) is 0. The van der Waals surface area contributed by atoms with Gasteiger partial charge in [-0.25, -0.2) is 9.97 Å². The molecule has 1 aromatic carbocycles. The molecule has 0 aliphatic heterocycles. The van der Waals surface area contributed by atoms with Crippen molar-refractivity contribution in [3.63, 3.8) is 0 Å². The summed E-state index contributed by atoms with van der Waals surface area (Å²) in [6.45, 7) is 0.195. The van der Waals surface area contributed by atoms with Gasteiger partial charge in [0.05, 0.1) is 16.4 Å². The first-order chi connectivity index (χ1) is 12.3. The van der Waals surface area contributed by atoms with Crippen molar-refractivity contribution in [3.05, 3.63) is 48.4 Å². The lowest BCUT2D eigenvalue weighted by Crippen LogP contribution is -2.20. The summed E-state index contributed by atoms with van der Waals surface area (Å²) in [5.74, 6) is 1.68. The number of nitrogens with one attached hydrogen (secondary N) is 1. The van der Waals surface area contributed by atoms with E-state index in [0.717, 1.165) is 29.7 Å². The Balaban J connectivity index is 1.46. The molecule has 7 nitrogen and oxygen atoms in total. The van der Waals surface area contributed by atoms with E-state index in [1.165, 1.54) is 0 Å². The van der Waals surface area contributed by atoms with Gasteiger partial charge in [0.1, 0.15) is 12.4 Å². The first kappa shape index (κ1) is 14.2. The van der Waals surface area contributed by atoms with Crippen LogP contribution in [0.5, 0.6) is 0 Å². The van der Waals surface area contributed by atoms with Gasteiger partial charge in [0.25, 0.3) is 5.71 Å². The predicted molar refractivity (Wildman–Crippen MR) is 92.1 cm³/mol. The number of amides is 1. The number of imidazole rings is 1. The summed E-state index contributed by atoms with van der Waals surface area (Å²) in [4.78, 5) is 21.4. The summed E-state index contributed by atoms with van der Waals surface area (Å²) in [5, 5.41) is 7.41. The molecule has 3 heterocycles. The molecule has 0 radical (unpaired) electrons. The Morgan fingerprint density at radius 3 is 3.00 bits per heavy atom. The molecule has 5 rings (SSSR count). The first-order valence-electron chi connectivity index (χ1n) is 8.25. The molecule has 1 aliphatic rings. The van der Waals surface area contributed by atoms with E-state index in [0.29, 0.717) is 22.8 Å². The standard InChI is InChI=1S/C18H15N5O2/c24-15(21-16-12-4-3-9-19-18(12)25-22-16)10-23-14-6-2-1-5-13(14)20-17(23)11-7-8-11/h1-6,9,11H,7-8,10H2,(H,21,22,24). The Hall–Kier alpha value is -3.22. The molecule has 0 saturated heterocycles. The third kappa shape index (κ3) is 2.44. The molecular weight excluding hydrogens is 318 g/mol. The highest BCUT2D eigenvalue weighted by molar-refractivity contribution is 5.98. The number of pyridine rings is 1. The normalized spacial score (nSPS) is 14.2. The lowest BCUT2D eigenvalue weighted by Gasteiger charge is -2.08. The SMILES string of the molecule is O=C(Cn1c(C2CC2)nc2ccccc21)Nc1noc2ncccc12. The Labute approximate surface area is 142 Å². The number of hydrogen-bond acceptors (Lipinski definition) is 5. The molecule has 1 saturated carbocycles. The molecule has 1 aliphatic carbocycles. The van der Waals surface area contributed by atoms with Crippen molar-refractivity contribution in [3.8, 4) is 0 Å². The second kappa shape index (κ2) is 5.41. The van der Waals surface area contributed by atoms with Crippen LogP contribution in [0.1, 0.15) is 24.6 Å². The van der Waals surface area contributed by atoms with Crippen LogP contribution < -0.4 is 5.32 Å². The number of hydrogen-bond donors (Lipinski definition) is 1. The van der Waals surface area contributed by atoms with E-state index in [9.17, 15) is 4.79 Å². The van der Waals surface area contributed by atoms with Crippen molar-refractivity contribution < 1.29 is 9.32 Å². The molecule has 1 N–H and O–H groups in total. The maximum Gasteiger partial charge on any atom is 0.259 e. The summed E-state index contributed by atoms with van der Waals surface area (Å²) in [5.41, 5.74) is 2.31. The van der Waals surface area contributed by atoms with Crippen LogP contribution in [0.25, 0.3) is 22.1 Å². The summed E-state index contributed by atoms with van der Waals surface area (Å²) in [6, 6.07) is 11.5. The number of aromatic nitrogens is 4. The Morgan fingerprint density at radius 2 is 2.12 bits per heavy atom. The number of carbonyl (C=O) groups is 1. The fraction of sp³-hybridized carbons (Fsp3) is 0.222. The quantitative estimate of drug-likeness (QED) is 0.620. The molecule has 25 heavy (non-hydrogen) atoms. The van der Waals surface area contributed by atoms with Crippen molar-refractivity contribution >= 4 is 33.9 Å². The van der Waals surface area contributed by atoms with Gasteiger partial charge in [0, 0.05) is 12.1 Å². The van der Waals surface area contributed by atoms with Gasteiger partial charge in [-0.2, -0.15) is 0 Å². The number of nitrogens with zero attached hydrogens (tertiary/aromatic N) is 4. The molecule has 0 bridgehead atoms. The Morgan fingerprint density at radius 1 is 1.24 bits per heavy atom. The monoisotopic (exact) mass is 333 g/mol. The summed E-state index contributed by atoms with van der Waals surface area (Å²) >= 11 is 0. The van der Waals surface area contributed by atoms with Crippen LogP contribution in [0.2, 0.25) is 0 Å². The molecule has 7 heteroatoms. The van der Waals surface area contributed by atoms with Crippen molar-refractivity contribution in [2.75, 3.05) is 5.32 Å². The average molecular weight is 333 g/mol. The Kier molecular flexibility index (Phi) is 3.06. The van der Waals surface area contributed by atoms with E-state index >= 15 is 0 Å². The molecule has 0 spiro atoms.